The molecule has 1 atom stereocenters. The van der Waals surface area contributed by atoms with Gasteiger partial charge in [-0.2, -0.15) is 0 Å². The fourth-order valence-electron chi connectivity index (χ4n) is 2.51. The molecule has 2 aliphatic rings. The smallest absolute Gasteiger partial charge is 0.191 e. The third-order valence-corrected chi connectivity index (χ3v) is 6.05. The van der Waals surface area contributed by atoms with Crippen LogP contribution in [0.25, 0.3) is 0 Å². The number of hydrogen-bond acceptors (Lipinski definition) is 4. The van der Waals surface area contributed by atoms with E-state index in [-0.39, 0.29) is 11.7 Å². The summed E-state index contributed by atoms with van der Waals surface area (Å²) in [6.07, 6.45) is 4.64. The summed E-state index contributed by atoms with van der Waals surface area (Å²) in [5, 5.41) is 7.23. The van der Waals surface area contributed by atoms with Crippen molar-refractivity contribution in [3.63, 3.8) is 0 Å². The van der Waals surface area contributed by atoms with Crippen LogP contribution < -0.4 is 10.6 Å². The zero-order valence-electron chi connectivity index (χ0n) is 12.8. The Hall–Kier alpha value is -1.34. The SMILES string of the molecule is O=S1(=O)CCC(CNC(=NCc2ccc(Cl)cn2)NC2CC2)C1. The zero-order valence-corrected chi connectivity index (χ0v) is 14.4. The number of nitrogens with zero attached hydrogens (tertiary/aromatic N) is 2. The molecule has 0 spiro atoms. The number of aromatic nitrogens is 1. The molecule has 2 heterocycles. The molecule has 8 heteroatoms. The lowest BCUT2D eigenvalue weighted by Crippen LogP contribution is -2.41. The Morgan fingerprint density at radius 1 is 1.35 bits per heavy atom. The summed E-state index contributed by atoms with van der Waals surface area (Å²) < 4.78 is 23.0. The molecule has 1 aliphatic heterocycles. The van der Waals surface area contributed by atoms with Crippen molar-refractivity contribution in [3.05, 3.63) is 29.0 Å². The Morgan fingerprint density at radius 3 is 2.78 bits per heavy atom. The minimum absolute atomic E-state index is 0.167. The Balaban J connectivity index is 1.56. The predicted molar refractivity (Wildman–Crippen MR) is 91.3 cm³/mol. The monoisotopic (exact) mass is 356 g/mol. The van der Waals surface area contributed by atoms with Gasteiger partial charge in [-0.15, -0.1) is 0 Å². The molecule has 1 saturated carbocycles. The van der Waals surface area contributed by atoms with Crippen molar-refractivity contribution in [2.75, 3.05) is 18.1 Å². The normalized spacial score (nSPS) is 23.7. The molecule has 23 heavy (non-hydrogen) atoms. The molecule has 126 valence electrons. The highest BCUT2D eigenvalue weighted by molar-refractivity contribution is 7.91. The molecule has 3 rings (SSSR count). The first-order valence-electron chi connectivity index (χ1n) is 7.86. The molecular weight excluding hydrogens is 336 g/mol. The molecule has 1 aromatic heterocycles. The van der Waals surface area contributed by atoms with Gasteiger partial charge in [-0.3, -0.25) is 4.98 Å². The number of aliphatic imine (C=N–C) groups is 1. The minimum Gasteiger partial charge on any atom is -0.356 e. The summed E-state index contributed by atoms with van der Waals surface area (Å²) >= 11 is 5.82. The summed E-state index contributed by atoms with van der Waals surface area (Å²) in [5.74, 6) is 1.47. The van der Waals surface area contributed by atoms with E-state index in [1.807, 2.05) is 6.07 Å². The van der Waals surface area contributed by atoms with E-state index in [2.05, 4.69) is 20.6 Å². The first kappa shape index (κ1) is 16.5. The van der Waals surface area contributed by atoms with Gasteiger partial charge in [0.2, 0.25) is 0 Å². The molecule has 0 radical (unpaired) electrons. The Bertz CT molecular complexity index is 671. The second-order valence-electron chi connectivity index (χ2n) is 6.20. The van der Waals surface area contributed by atoms with Crippen molar-refractivity contribution < 1.29 is 8.42 Å². The number of hydrogen-bond donors (Lipinski definition) is 2. The maximum Gasteiger partial charge on any atom is 0.191 e. The van der Waals surface area contributed by atoms with E-state index < -0.39 is 9.84 Å². The van der Waals surface area contributed by atoms with Crippen molar-refractivity contribution in [3.8, 4) is 0 Å². The van der Waals surface area contributed by atoms with Crippen molar-refractivity contribution in [2.24, 2.45) is 10.9 Å². The van der Waals surface area contributed by atoms with Gasteiger partial charge in [-0.1, -0.05) is 11.6 Å². The average molecular weight is 357 g/mol. The van der Waals surface area contributed by atoms with Crippen molar-refractivity contribution in [1.29, 1.82) is 0 Å². The number of rotatable bonds is 5. The van der Waals surface area contributed by atoms with Gasteiger partial charge in [0.25, 0.3) is 0 Å². The van der Waals surface area contributed by atoms with E-state index in [1.165, 1.54) is 0 Å². The lowest BCUT2D eigenvalue weighted by Gasteiger charge is -2.14. The third-order valence-electron chi connectivity index (χ3n) is 3.99. The topological polar surface area (TPSA) is 83.5 Å². The highest BCUT2D eigenvalue weighted by Gasteiger charge is 2.28. The molecule has 1 unspecified atom stereocenters. The molecule has 2 fully saturated rings. The minimum atomic E-state index is -2.84. The van der Waals surface area contributed by atoms with E-state index in [1.54, 1.807) is 12.3 Å². The molecule has 0 amide bonds. The highest BCUT2D eigenvalue weighted by Crippen LogP contribution is 2.19. The molecule has 1 aromatic rings. The van der Waals surface area contributed by atoms with Crippen LogP contribution in [0.1, 0.15) is 25.0 Å². The zero-order chi connectivity index (χ0) is 16.3. The molecule has 6 nitrogen and oxygen atoms in total. The number of halogens is 1. The van der Waals surface area contributed by atoms with E-state index in [9.17, 15) is 8.42 Å². The Morgan fingerprint density at radius 2 is 2.17 bits per heavy atom. The van der Waals surface area contributed by atoms with Crippen LogP contribution in [0.5, 0.6) is 0 Å². The van der Waals surface area contributed by atoms with Crippen LogP contribution in [-0.4, -0.2) is 43.5 Å². The Kier molecular flexibility index (Phi) is 5.06. The maximum atomic E-state index is 11.5. The molecular formula is C15H21ClN4O2S. The third kappa shape index (κ3) is 5.35. The highest BCUT2D eigenvalue weighted by atomic mass is 35.5. The van der Waals surface area contributed by atoms with E-state index in [0.717, 1.165) is 30.9 Å². The molecule has 1 saturated heterocycles. The van der Waals surface area contributed by atoms with E-state index in [4.69, 9.17) is 11.6 Å². The van der Waals surface area contributed by atoms with Crippen LogP contribution in [-0.2, 0) is 16.4 Å². The predicted octanol–water partition coefficient (Wildman–Crippen LogP) is 1.37. The van der Waals surface area contributed by atoms with Gasteiger partial charge in [-0.25, -0.2) is 13.4 Å². The second kappa shape index (κ2) is 7.05. The molecule has 0 aromatic carbocycles. The first-order chi connectivity index (χ1) is 11.0. The standard InChI is InChI=1S/C15H21ClN4O2S/c16-12-1-2-14(17-8-12)9-19-15(20-13-3-4-13)18-7-11-5-6-23(21,22)10-11/h1-2,8,11,13H,3-7,9-10H2,(H2,18,19,20). The average Bonchev–Trinajstić information content (AvgIpc) is 3.26. The quantitative estimate of drug-likeness (QED) is 0.615. The fourth-order valence-corrected chi connectivity index (χ4v) is 4.48. The van der Waals surface area contributed by atoms with Crippen LogP contribution in [0.15, 0.2) is 23.3 Å². The van der Waals surface area contributed by atoms with Gasteiger partial charge >= 0.3 is 0 Å². The first-order valence-corrected chi connectivity index (χ1v) is 10.1. The fraction of sp³-hybridized carbons (Fsp3) is 0.600. The van der Waals surface area contributed by atoms with Crippen molar-refractivity contribution in [2.45, 2.75) is 31.8 Å². The lowest BCUT2D eigenvalue weighted by atomic mass is 10.1. The maximum absolute atomic E-state index is 11.5. The number of pyridine rings is 1. The van der Waals surface area contributed by atoms with Gasteiger partial charge in [-0.05, 0) is 37.3 Å². The van der Waals surface area contributed by atoms with E-state index in [0.29, 0.717) is 29.9 Å². The summed E-state index contributed by atoms with van der Waals surface area (Å²) in [5.41, 5.74) is 0.842. The number of nitrogens with one attached hydrogen (secondary N) is 2. The summed E-state index contributed by atoms with van der Waals surface area (Å²) in [7, 11) is -2.84. The van der Waals surface area contributed by atoms with Crippen LogP contribution in [0.4, 0.5) is 0 Å². The van der Waals surface area contributed by atoms with Gasteiger partial charge in [0, 0.05) is 18.8 Å². The van der Waals surface area contributed by atoms with Crippen LogP contribution in [0.3, 0.4) is 0 Å². The van der Waals surface area contributed by atoms with Crippen LogP contribution in [0.2, 0.25) is 5.02 Å². The largest absolute Gasteiger partial charge is 0.356 e. The van der Waals surface area contributed by atoms with Gasteiger partial charge in [0.05, 0.1) is 28.8 Å². The van der Waals surface area contributed by atoms with Gasteiger partial charge in [0.1, 0.15) is 0 Å². The van der Waals surface area contributed by atoms with Crippen molar-refractivity contribution >= 4 is 27.4 Å². The molecule has 0 bridgehead atoms. The van der Waals surface area contributed by atoms with Gasteiger partial charge in [0.15, 0.2) is 15.8 Å². The number of sulfone groups is 1. The van der Waals surface area contributed by atoms with Crippen molar-refractivity contribution in [1.82, 2.24) is 15.6 Å². The summed E-state index contributed by atoms with van der Waals surface area (Å²) in [6.45, 7) is 1.09. The Labute approximate surface area is 141 Å². The lowest BCUT2D eigenvalue weighted by molar-refractivity contribution is 0.566. The number of guanidine groups is 1. The molecule has 1 aliphatic carbocycles. The van der Waals surface area contributed by atoms with Crippen LogP contribution >= 0.6 is 11.6 Å². The van der Waals surface area contributed by atoms with Gasteiger partial charge < -0.3 is 10.6 Å². The van der Waals surface area contributed by atoms with E-state index >= 15 is 0 Å². The second-order valence-corrected chi connectivity index (χ2v) is 8.87. The molecule has 2 N–H and O–H groups in total. The van der Waals surface area contributed by atoms with Crippen LogP contribution in [0, 0.1) is 5.92 Å². The summed E-state index contributed by atoms with van der Waals surface area (Å²) in [6, 6.07) is 4.13. The summed E-state index contributed by atoms with van der Waals surface area (Å²) in [4.78, 5) is 8.77.